The van der Waals surface area contributed by atoms with E-state index >= 15 is 0 Å². The van der Waals surface area contributed by atoms with Crippen molar-refractivity contribution < 1.29 is 4.39 Å². The topological polar surface area (TPSA) is 25.8 Å². The van der Waals surface area contributed by atoms with Crippen LogP contribution >= 0.6 is 23.4 Å². The van der Waals surface area contributed by atoms with Gasteiger partial charge >= 0.3 is 0 Å². The van der Waals surface area contributed by atoms with Crippen LogP contribution in [0.15, 0.2) is 65.7 Å². The van der Waals surface area contributed by atoms with Crippen LogP contribution in [0.1, 0.15) is 5.56 Å². The van der Waals surface area contributed by atoms with Crippen LogP contribution in [-0.4, -0.2) is 10.2 Å². The molecule has 1 aromatic heterocycles. The molecule has 0 N–H and O–H groups in total. The Bertz CT molecular complexity index is 743. The molecule has 0 saturated carbocycles. The van der Waals surface area contributed by atoms with Crippen molar-refractivity contribution in [1.82, 2.24) is 10.2 Å². The minimum atomic E-state index is -0.221. The second-order valence-electron chi connectivity index (χ2n) is 4.68. The molecule has 0 aliphatic carbocycles. The normalized spacial score (nSPS) is 10.6. The Morgan fingerprint density at radius 3 is 2.23 bits per heavy atom. The van der Waals surface area contributed by atoms with E-state index in [1.54, 1.807) is 23.9 Å². The average molecular weight is 331 g/mol. The van der Waals surface area contributed by atoms with Gasteiger partial charge in [0, 0.05) is 16.3 Å². The molecular formula is C17H12ClFN2S. The maximum Gasteiger partial charge on any atom is 0.123 e. The maximum absolute atomic E-state index is 12.8. The summed E-state index contributed by atoms with van der Waals surface area (Å²) in [5.41, 5.74) is 2.84. The Hall–Kier alpha value is -1.91. The van der Waals surface area contributed by atoms with Crippen molar-refractivity contribution in [2.75, 3.05) is 0 Å². The molecule has 0 radical (unpaired) electrons. The molecule has 0 unspecified atom stereocenters. The van der Waals surface area contributed by atoms with Gasteiger partial charge in [-0.1, -0.05) is 47.6 Å². The predicted molar refractivity (Wildman–Crippen MR) is 88.4 cm³/mol. The number of rotatable bonds is 4. The van der Waals surface area contributed by atoms with E-state index < -0.39 is 0 Å². The minimum Gasteiger partial charge on any atom is -0.207 e. The molecule has 0 bridgehead atoms. The summed E-state index contributed by atoms with van der Waals surface area (Å²) < 4.78 is 12.8. The summed E-state index contributed by atoms with van der Waals surface area (Å²) in [4.78, 5) is 0. The average Bonchev–Trinajstić information content (AvgIpc) is 2.56. The van der Waals surface area contributed by atoms with Gasteiger partial charge in [-0.2, -0.15) is 0 Å². The quantitative estimate of drug-likeness (QED) is 0.613. The van der Waals surface area contributed by atoms with E-state index in [4.69, 9.17) is 11.6 Å². The molecule has 0 atom stereocenters. The van der Waals surface area contributed by atoms with Crippen molar-refractivity contribution in [2.45, 2.75) is 10.8 Å². The molecule has 3 rings (SSSR count). The number of benzene rings is 2. The maximum atomic E-state index is 12.8. The van der Waals surface area contributed by atoms with Crippen LogP contribution in [0.2, 0.25) is 5.02 Å². The number of halogens is 2. The number of aromatic nitrogens is 2. The van der Waals surface area contributed by atoms with Gasteiger partial charge in [-0.3, -0.25) is 0 Å². The van der Waals surface area contributed by atoms with Crippen LogP contribution in [0.5, 0.6) is 0 Å². The molecule has 0 aliphatic heterocycles. The van der Waals surface area contributed by atoms with E-state index in [2.05, 4.69) is 10.2 Å². The van der Waals surface area contributed by atoms with E-state index in [1.165, 1.54) is 12.1 Å². The van der Waals surface area contributed by atoms with Crippen LogP contribution in [0.4, 0.5) is 4.39 Å². The van der Waals surface area contributed by atoms with E-state index in [9.17, 15) is 4.39 Å². The highest BCUT2D eigenvalue weighted by atomic mass is 35.5. The smallest absolute Gasteiger partial charge is 0.123 e. The van der Waals surface area contributed by atoms with Crippen molar-refractivity contribution in [2.24, 2.45) is 0 Å². The molecule has 22 heavy (non-hydrogen) atoms. The lowest BCUT2D eigenvalue weighted by Gasteiger charge is -2.03. The molecule has 1 heterocycles. The molecule has 0 saturated heterocycles. The van der Waals surface area contributed by atoms with Gasteiger partial charge in [0.1, 0.15) is 10.8 Å². The number of hydrogen-bond donors (Lipinski definition) is 0. The molecular weight excluding hydrogens is 319 g/mol. The summed E-state index contributed by atoms with van der Waals surface area (Å²) in [5, 5.41) is 9.98. The van der Waals surface area contributed by atoms with Crippen molar-refractivity contribution in [1.29, 1.82) is 0 Å². The third-order valence-electron chi connectivity index (χ3n) is 3.08. The first-order valence-corrected chi connectivity index (χ1v) is 8.04. The summed E-state index contributed by atoms with van der Waals surface area (Å²) in [6.45, 7) is 0. The molecule has 3 aromatic rings. The van der Waals surface area contributed by atoms with Crippen molar-refractivity contribution in [3.05, 3.63) is 77.1 Å². The summed E-state index contributed by atoms with van der Waals surface area (Å²) >= 11 is 7.44. The molecule has 110 valence electrons. The molecule has 2 nitrogen and oxygen atoms in total. The second kappa shape index (κ2) is 6.90. The molecule has 0 amide bonds. The van der Waals surface area contributed by atoms with E-state index in [0.29, 0.717) is 5.02 Å². The van der Waals surface area contributed by atoms with Gasteiger partial charge in [0.05, 0.1) is 5.69 Å². The first kappa shape index (κ1) is 15.0. The van der Waals surface area contributed by atoms with Gasteiger partial charge in [0.25, 0.3) is 0 Å². The fourth-order valence-electron chi connectivity index (χ4n) is 1.91. The molecule has 2 aromatic carbocycles. The number of thioether (sulfide) groups is 1. The summed E-state index contributed by atoms with van der Waals surface area (Å²) in [7, 11) is 0. The second-order valence-corrected chi connectivity index (χ2v) is 6.11. The molecule has 0 aliphatic rings. The summed E-state index contributed by atoms with van der Waals surface area (Å²) in [5.74, 6) is 0.510. The Balaban J connectivity index is 1.66. The Labute approximate surface area is 137 Å². The lowest BCUT2D eigenvalue weighted by molar-refractivity contribution is 0.627. The van der Waals surface area contributed by atoms with Gasteiger partial charge < -0.3 is 0 Å². The number of hydrogen-bond acceptors (Lipinski definition) is 3. The largest absolute Gasteiger partial charge is 0.207 e. The fourth-order valence-corrected chi connectivity index (χ4v) is 2.81. The standard InChI is InChI=1S/C17H12ClFN2S/c18-14-5-3-13(4-6-14)16-9-10-17(21-20-16)22-11-12-1-7-15(19)8-2-12/h1-10H,11H2. The first-order valence-electron chi connectivity index (χ1n) is 6.67. The predicted octanol–water partition coefficient (Wildman–Crippen LogP) is 5.23. The van der Waals surface area contributed by atoms with Crippen molar-refractivity contribution in [3.8, 4) is 11.3 Å². The van der Waals surface area contributed by atoms with Crippen LogP contribution in [0.25, 0.3) is 11.3 Å². The van der Waals surface area contributed by atoms with Gasteiger partial charge in [-0.15, -0.1) is 10.2 Å². The highest BCUT2D eigenvalue weighted by Crippen LogP contribution is 2.23. The highest BCUT2D eigenvalue weighted by molar-refractivity contribution is 7.98. The zero-order valence-corrected chi connectivity index (χ0v) is 13.1. The SMILES string of the molecule is Fc1ccc(CSc2ccc(-c3ccc(Cl)cc3)nn2)cc1. The highest BCUT2D eigenvalue weighted by Gasteiger charge is 2.03. The van der Waals surface area contributed by atoms with Crippen LogP contribution < -0.4 is 0 Å². The van der Waals surface area contributed by atoms with Crippen molar-refractivity contribution in [3.63, 3.8) is 0 Å². The van der Waals surface area contributed by atoms with Crippen LogP contribution in [0.3, 0.4) is 0 Å². The zero-order chi connectivity index (χ0) is 15.4. The Morgan fingerprint density at radius 1 is 0.864 bits per heavy atom. The van der Waals surface area contributed by atoms with Gasteiger partial charge in [-0.25, -0.2) is 4.39 Å². The van der Waals surface area contributed by atoms with Crippen molar-refractivity contribution >= 4 is 23.4 Å². The monoisotopic (exact) mass is 330 g/mol. The van der Waals surface area contributed by atoms with Gasteiger partial charge in [0.15, 0.2) is 0 Å². The van der Waals surface area contributed by atoms with Gasteiger partial charge in [-0.05, 0) is 42.0 Å². The Kier molecular flexibility index (Phi) is 4.71. The summed E-state index contributed by atoms with van der Waals surface area (Å²) in [6.07, 6.45) is 0. The fraction of sp³-hybridized carbons (Fsp3) is 0.0588. The molecule has 0 spiro atoms. The first-order chi connectivity index (χ1) is 10.7. The Morgan fingerprint density at radius 2 is 1.59 bits per heavy atom. The minimum absolute atomic E-state index is 0.221. The zero-order valence-electron chi connectivity index (χ0n) is 11.5. The number of nitrogens with zero attached hydrogens (tertiary/aromatic N) is 2. The third kappa shape index (κ3) is 3.84. The van der Waals surface area contributed by atoms with Gasteiger partial charge in [0.2, 0.25) is 0 Å². The lowest BCUT2D eigenvalue weighted by atomic mass is 10.1. The summed E-state index contributed by atoms with van der Waals surface area (Å²) in [6, 6.07) is 17.8. The van der Waals surface area contributed by atoms with E-state index in [1.807, 2.05) is 36.4 Å². The van der Waals surface area contributed by atoms with Crippen LogP contribution in [-0.2, 0) is 5.75 Å². The van der Waals surface area contributed by atoms with E-state index in [0.717, 1.165) is 27.6 Å². The van der Waals surface area contributed by atoms with Crippen LogP contribution in [0, 0.1) is 5.82 Å². The van der Waals surface area contributed by atoms with E-state index in [-0.39, 0.29) is 5.82 Å². The molecule has 0 fully saturated rings. The molecule has 5 heteroatoms. The lowest BCUT2D eigenvalue weighted by Crippen LogP contribution is -1.90. The third-order valence-corrected chi connectivity index (χ3v) is 4.32.